The van der Waals surface area contributed by atoms with Gasteiger partial charge in [-0.2, -0.15) is 0 Å². The highest BCUT2D eigenvalue weighted by molar-refractivity contribution is 6.31. The Morgan fingerprint density at radius 2 is 1.88 bits per heavy atom. The van der Waals surface area contributed by atoms with Crippen LogP contribution < -0.4 is 22.7 Å². The van der Waals surface area contributed by atoms with Crippen molar-refractivity contribution in [3.63, 3.8) is 0 Å². The molecule has 0 amide bonds. The van der Waals surface area contributed by atoms with Gasteiger partial charge in [-0.25, -0.2) is 4.58 Å². The van der Waals surface area contributed by atoms with Crippen molar-refractivity contribution in [2.24, 2.45) is 0 Å². The van der Waals surface area contributed by atoms with Crippen LogP contribution in [0.5, 0.6) is 5.75 Å². The molecule has 3 rings (SSSR count). The molecule has 0 aliphatic rings. The van der Waals surface area contributed by atoms with Crippen LogP contribution in [0.2, 0.25) is 5.02 Å². The molecule has 0 fully saturated rings. The highest BCUT2D eigenvalue weighted by Crippen LogP contribution is 2.34. The third-order valence-electron chi connectivity index (χ3n) is 3.66. The number of nitrogens with one attached hydrogen (secondary N) is 1. The van der Waals surface area contributed by atoms with E-state index in [-0.39, 0.29) is 18.0 Å². The molecule has 0 radical (unpaired) electrons. The summed E-state index contributed by atoms with van der Waals surface area (Å²) in [6.07, 6.45) is 1.90. The Labute approximate surface area is 157 Å². The SMILES string of the molecule is C[N+](C)=CCOc1c(-c2ccccc2)c(=O)[nH]c2cc(Cl)ccc12.[Cl-]. The fourth-order valence-corrected chi connectivity index (χ4v) is 2.70. The first-order valence-corrected chi connectivity index (χ1v) is 7.97. The van der Waals surface area contributed by atoms with Crippen LogP contribution in [0.25, 0.3) is 22.0 Å². The van der Waals surface area contributed by atoms with E-state index in [1.54, 1.807) is 12.1 Å². The van der Waals surface area contributed by atoms with Crippen LogP contribution in [-0.2, 0) is 0 Å². The van der Waals surface area contributed by atoms with Crippen molar-refractivity contribution in [2.45, 2.75) is 0 Å². The number of halogens is 2. The molecular formula is C19H18Cl2N2O2. The number of rotatable bonds is 4. The number of hydrogen-bond acceptors (Lipinski definition) is 2. The van der Waals surface area contributed by atoms with Gasteiger partial charge in [0.05, 0.1) is 11.1 Å². The Morgan fingerprint density at radius 3 is 2.56 bits per heavy atom. The lowest BCUT2D eigenvalue weighted by Crippen LogP contribution is -3.00. The van der Waals surface area contributed by atoms with Gasteiger partial charge >= 0.3 is 0 Å². The van der Waals surface area contributed by atoms with Gasteiger partial charge in [-0.1, -0.05) is 41.9 Å². The summed E-state index contributed by atoms with van der Waals surface area (Å²) in [5, 5.41) is 1.39. The largest absolute Gasteiger partial charge is 1.00 e. The Balaban J connectivity index is 0.00000225. The summed E-state index contributed by atoms with van der Waals surface area (Å²) in [6, 6.07) is 14.9. The van der Waals surface area contributed by atoms with Crippen molar-refractivity contribution < 1.29 is 21.7 Å². The van der Waals surface area contributed by atoms with E-state index >= 15 is 0 Å². The van der Waals surface area contributed by atoms with Crippen molar-refractivity contribution in [3.05, 3.63) is 63.9 Å². The molecule has 25 heavy (non-hydrogen) atoms. The minimum Gasteiger partial charge on any atom is -1.00 e. The molecule has 1 aromatic heterocycles. The minimum atomic E-state index is -0.198. The van der Waals surface area contributed by atoms with Crippen molar-refractivity contribution >= 4 is 28.7 Å². The fourth-order valence-electron chi connectivity index (χ4n) is 2.53. The maximum Gasteiger partial charge on any atom is 0.260 e. The second-order valence-electron chi connectivity index (χ2n) is 5.67. The lowest BCUT2D eigenvalue weighted by molar-refractivity contribution is -0.460. The molecule has 0 unspecified atom stereocenters. The number of hydrogen-bond donors (Lipinski definition) is 1. The van der Waals surface area contributed by atoms with Crippen LogP contribution in [0, 0.1) is 0 Å². The summed E-state index contributed by atoms with van der Waals surface area (Å²) in [7, 11) is 3.86. The lowest BCUT2D eigenvalue weighted by atomic mass is 10.0. The van der Waals surface area contributed by atoms with Crippen molar-refractivity contribution in [1.82, 2.24) is 4.98 Å². The molecule has 1 N–H and O–H groups in total. The van der Waals surface area contributed by atoms with E-state index in [0.717, 1.165) is 10.9 Å². The van der Waals surface area contributed by atoms with Crippen molar-refractivity contribution in [3.8, 4) is 16.9 Å². The molecule has 3 aromatic rings. The first kappa shape index (κ1) is 19.0. The third kappa shape index (κ3) is 4.21. The van der Waals surface area contributed by atoms with E-state index in [9.17, 15) is 4.79 Å². The Morgan fingerprint density at radius 1 is 1.16 bits per heavy atom. The maximum atomic E-state index is 12.7. The average molecular weight is 377 g/mol. The van der Waals surface area contributed by atoms with Gasteiger partial charge < -0.3 is 22.1 Å². The van der Waals surface area contributed by atoms with E-state index < -0.39 is 0 Å². The normalized spacial score (nSPS) is 10.2. The molecule has 0 spiro atoms. The number of benzene rings is 2. The predicted octanol–water partition coefficient (Wildman–Crippen LogP) is 0.574. The number of H-pyrrole nitrogens is 1. The molecule has 130 valence electrons. The summed E-state index contributed by atoms with van der Waals surface area (Å²) in [6.45, 7) is 0.369. The van der Waals surface area contributed by atoms with E-state index in [0.29, 0.717) is 28.5 Å². The van der Waals surface area contributed by atoms with Crippen LogP contribution in [0.15, 0.2) is 53.3 Å². The minimum absolute atomic E-state index is 0. The van der Waals surface area contributed by atoms with E-state index in [4.69, 9.17) is 16.3 Å². The smallest absolute Gasteiger partial charge is 0.260 e. The Kier molecular flexibility index (Phi) is 6.23. The highest BCUT2D eigenvalue weighted by Gasteiger charge is 2.16. The van der Waals surface area contributed by atoms with Gasteiger partial charge in [0.1, 0.15) is 19.8 Å². The number of aromatic nitrogens is 1. The zero-order valence-electron chi connectivity index (χ0n) is 13.9. The topological polar surface area (TPSA) is 45.1 Å². The van der Waals surface area contributed by atoms with Crippen LogP contribution in [-0.4, -0.2) is 36.5 Å². The number of fused-ring (bicyclic) bond motifs is 1. The fraction of sp³-hybridized carbons (Fsp3) is 0.158. The molecule has 0 aliphatic carbocycles. The second kappa shape index (κ2) is 8.19. The Bertz CT molecular complexity index is 962. The molecule has 4 nitrogen and oxygen atoms in total. The molecule has 0 bridgehead atoms. The molecule has 6 heteroatoms. The molecule has 0 saturated carbocycles. The van der Waals surface area contributed by atoms with Crippen LogP contribution >= 0.6 is 11.6 Å². The first-order valence-electron chi connectivity index (χ1n) is 7.60. The van der Waals surface area contributed by atoms with Gasteiger partial charge in [-0.3, -0.25) is 4.79 Å². The highest BCUT2D eigenvalue weighted by atomic mass is 35.5. The lowest BCUT2D eigenvalue weighted by Gasteiger charge is -2.13. The second-order valence-corrected chi connectivity index (χ2v) is 6.11. The van der Waals surface area contributed by atoms with Gasteiger partial charge in [0.15, 0.2) is 12.8 Å². The molecule has 0 aliphatic heterocycles. The van der Waals surface area contributed by atoms with Crippen LogP contribution in [0.4, 0.5) is 0 Å². The zero-order chi connectivity index (χ0) is 17.1. The standard InChI is InChI=1S/C19H17ClN2O2.ClH/c1-22(2)10-11-24-18-15-9-8-14(20)12-16(15)21-19(23)17(18)13-6-4-3-5-7-13;/h3-10,12H,11H2,1-2H3;1H. The number of pyridine rings is 1. The number of aromatic amines is 1. The molecule has 0 atom stereocenters. The van der Waals surface area contributed by atoms with Gasteiger partial charge in [0.25, 0.3) is 5.56 Å². The zero-order valence-corrected chi connectivity index (χ0v) is 15.4. The quantitative estimate of drug-likeness (QED) is 0.534. The summed E-state index contributed by atoms with van der Waals surface area (Å²) in [5.41, 5.74) is 1.80. The van der Waals surface area contributed by atoms with Gasteiger partial charge in [0.2, 0.25) is 0 Å². The van der Waals surface area contributed by atoms with E-state index in [1.807, 2.05) is 61.3 Å². The van der Waals surface area contributed by atoms with Crippen LogP contribution in [0.3, 0.4) is 0 Å². The number of nitrogens with zero attached hydrogens (tertiary/aromatic N) is 1. The predicted molar refractivity (Wildman–Crippen MR) is 98.7 cm³/mol. The van der Waals surface area contributed by atoms with E-state index in [2.05, 4.69) is 4.98 Å². The summed E-state index contributed by atoms with van der Waals surface area (Å²) in [4.78, 5) is 15.6. The van der Waals surface area contributed by atoms with Gasteiger partial charge in [-0.05, 0) is 23.8 Å². The van der Waals surface area contributed by atoms with Crippen LogP contribution in [0.1, 0.15) is 0 Å². The Hall–Kier alpha value is -2.30. The monoisotopic (exact) mass is 376 g/mol. The summed E-state index contributed by atoms with van der Waals surface area (Å²) in [5.74, 6) is 0.565. The molecule has 1 heterocycles. The van der Waals surface area contributed by atoms with Crippen molar-refractivity contribution in [1.29, 1.82) is 0 Å². The number of ether oxygens (including phenoxy) is 1. The van der Waals surface area contributed by atoms with E-state index in [1.165, 1.54) is 0 Å². The first-order chi connectivity index (χ1) is 11.6. The summed E-state index contributed by atoms with van der Waals surface area (Å²) >= 11 is 6.05. The summed E-state index contributed by atoms with van der Waals surface area (Å²) < 4.78 is 7.89. The third-order valence-corrected chi connectivity index (χ3v) is 3.89. The maximum absolute atomic E-state index is 12.7. The van der Waals surface area contributed by atoms with Gasteiger partial charge in [0, 0.05) is 10.4 Å². The molecular weight excluding hydrogens is 359 g/mol. The van der Waals surface area contributed by atoms with Crippen molar-refractivity contribution in [2.75, 3.05) is 20.7 Å². The average Bonchev–Trinajstić information content (AvgIpc) is 2.54. The molecule has 0 saturated heterocycles. The van der Waals surface area contributed by atoms with Gasteiger partial charge in [-0.15, -0.1) is 0 Å². The molecule has 2 aromatic carbocycles.